The highest BCUT2D eigenvalue weighted by atomic mass is 16.7. The highest BCUT2D eigenvalue weighted by molar-refractivity contribution is 6.21. The van der Waals surface area contributed by atoms with E-state index in [2.05, 4.69) is 15.3 Å². The Morgan fingerprint density at radius 2 is 1.70 bits per heavy atom. The summed E-state index contributed by atoms with van der Waals surface area (Å²) >= 11 is 0. The predicted octanol–water partition coefficient (Wildman–Crippen LogP) is 2.49. The van der Waals surface area contributed by atoms with E-state index in [0.717, 1.165) is 10.8 Å². The molecule has 3 heterocycles. The number of hydrogen-bond acceptors (Lipinski definition) is 7. The second-order valence-corrected chi connectivity index (χ2v) is 6.64. The standard InChI is InChI=1S/C21H13N5O4/c1-12-18(21(29)30-26-19(27)15-6-2-3-7-16(15)20(26)28)23-24-25(12)17-8-4-5-13-11-22-10-9-14(13)17/h2-11H,1H3. The molecule has 4 aromatic rings. The Morgan fingerprint density at radius 1 is 0.967 bits per heavy atom. The van der Waals surface area contributed by atoms with Crippen LogP contribution in [-0.4, -0.2) is 42.8 Å². The largest absolute Gasteiger partial charge is 0.385 e. The number of carbonyl (C=O) groups is 3. The van der Waals surface area contributed by atoms with Gasteiger partial charge in [0, 0.05) is 23.2 Å². The molecule has 5 rings (SSSR count). The first kappa shape index (κ1) is 17.7. The van der Waals surface area contributed by atoms with Crippen molar-refractivity contribution in [1.29, 1.82) is 0 Å². The van der Waals surface area contributed by atoms with Crippen molar-refractivity contribution < 1.29 is 19.2 Å². The molecule has 1 aliphatic rings. The van der Waals surface area contributed by atoms with E-state index < -0.39 is 17.8 Å². The maximum Gasteiger partial charge on any atom is 0.385 e. The molecule has 0 unspecified atom stereocenters. The van der Waals surface area contributed by atoms with E-state index in [-0.39, 0.29) is 16.8 Å². The Balaban J connectivity index is 1.47. The van der Waals surface area contributed by atoms with Gasteiger partial charge in [-0.1, -0.05) is 34.5 Å². The molecule has 9 nitrogen and oxygen atoms in total. The Hall–Kier alpha value is -4.40. The fourth-order valence-corrected chi connectivity index (χ4v) is 3.41. The molecule has 0 N–H and O–H groups in total. The van der Waals surface area contributed by atoms with Gasteiger partial charge < -0.3 is 4.84 Å². The van der Waals surface area contributed by atoms with Crippen molar-refractivity contribution in [3.8, 4) is 5.69 Å². The summed E-state index contributed by atoms with van der Waals surface area (Å²) in [7, 11) is 0. The molecule has 0 spiro atoms. The van der Waals surface area contributed by atoms with Crippen LogP contribution in [0.25, 0.3) is 16.5 Å². The SMILES string of the molecule is Cc1c(C(=O)ON2C(=O)c3ccccc3C2=O)nnn1-c1cccc2cnccc12. The van der Waals surface area contributed by atoms with Crippen LogP contribution in [0.15, 0.2) is 60.9 Å². The molecule has 0 bridgehead atoms. The Bertz CT molecular complexity index is 1320. The molecular formula is C21H13N5O4. The van der Waals surface area contributed by atoms with Crippen LogP contribution in [0.5, 0.6) is 0 Å². The van der Waals surface area contributed by atoms with Crippen molar-refractivity contribution in [2.45, 2.75) is 6.92 Å². The lowest BCUT2D eigenvalue weighted by Crippen LogP contribution is -2.33. The van der Waals surface area contributed by atoms with Crippen molar-refractivity contribution in [1.82, 2.24) is 25.0 Å². The van der Waals surface area contributed by atoms with E-state index in [9.17, 15) is 14.4 Å². The van der Waals surface area contributed by atoms with Gasteiger partial charge in [0.05, 0.1) is 22.5 Å². The quantitative estimate of drug-likeness (QED) is 0.487. The van der Waals surface area contributed by atoms with Gasteiger partial charge in [0.25, 0.3) is 11.8 Å². The fourth-order valence-electron chi connectivity index (χ4n) is 3.41. The highest BCUT2D eigenvalue weighted by Crippen LogP contribution is 2.25. The Morgan fingerprint density at radius 3 is 2.43 bits per heavy atom. The first-order valence-electron chi connectivity index (χ1n) is 9.02. The van der Waals surface area contributed by atoms with Crippen molar-refractivity contribution >= 4 is 28.6 Å². The van der Waals surface area contributed by atoms with Crippen molar-refractivity contribution in [3.05, 3.63) is 83.4 Å². The van der Waals surface area contributed by atoms with Crippen LogP contribution >= 0.6 is 0 Å². The lowest BCUT2D eigenvalue weighted by atomic mass is 10.1. The summed E-state index contributed by atoms with van der Waals surface area (Å²) in [4.78, 5) is 46.7. The van der Waals surface area contributed by atoms with E-state index in [4.69, 9.17) is 4.84 Å². The molecule has 2 aromatic heterocycles. The predicted molar refractivity (Wildman–Crippen MR) is 104 cm³/mol. The Labute approximate surface area is 169 Å². The second kappa shape index (κ2) is 6.59. The molecule has 0 saturated heterocycles. The number of hydrogen-bond donors (Lipinski definition) is 0. The van der Waals surface area contributed by atoms with Crippen LogP contribution in [0, 0.1) is 6.92 Å². The summed E-state index contributed by atoms with van der Waals surface area (Å²) in [6, 6.07) is 13.7. The number of amides is 2. The highest BCUT2D eigenvalue weighted by Gasteiger charge is 2.39. The van der Waals surface area contributed by atoms with Crippen LogP contribution < -0.4 is 0 Å². The maximum atomic E-state index is 12.7. The summed E-state index contributed by atoms with van der Waals surface area (Å²) in [5, 5.41) is 10.2. The number of nitrogens with zero attached hydrogens (tertiary/aromatic N) is 5. The van der Waals surface area contributed by atoms with Gasteiger partial charge in [-0.25, -0.2) is 9.48 Å². The summed E-state index contributed by atoms with van der Waals surface area (Å²) in [6.07, 6.45) is 3.39. The number of carbonyl (C=O) groups excluding carboxylic acids is 3. The van der Waals surface area contributed by atoms with Crippen LogP contribution in [0.3, 0.4) is 0 Å². The number of aromatic nitrogens is 4. The minimum atomic E-state index is -0.949. The molecule has 0 saturated carbocycles. The van der Waals surface area contributed by atoms with Gasteiger partial charge in [-0.3, -0.25) is 14.6 Å². The summed E-state index contributed by atoms with van der Waals surface area (Å²) in [5.74, 6) is -2.35. The van der Waals surface area contributed by atoms with Gasteiger partial charge in [-0.05, 0) is 31.2 Å². The number of hydroxylamine groups is 2. The second-order valence-electron chi connectivity index (χ2n) is 6.64. The number of benzene rings is 2. The van der Waals surface area contributed by atoms with Crippen molar-refractivity contribution in [3.63, 3.8) is 0 Å². The van der Waals surface area contributed by atoms with Crippen LogP contribution in [0.2, 0.25) is 0 Å². The summed E-state index contributed by atoms with van der Waals surface area (Å²) in [6.45, 7) is 1.65. The van der Waals surface area contributed by atoms with Gasteiger partial charge >= 0.3 is 5.97 Å². The Kier molecular flexibility index (Phi) is 3.88. The van der Waals surface area contributed by atoms with E-state index in [1.807, 2.05) is 24.3 Å². The zero-order chi connectivity index (χ0) is 20.8. The molecule has 146 valence electrons. The first-order chi connectivity index (χ1) is 14.6. The topological polar surface area (TPSA) is 107 Å². The lowest BCUT2D eigenvalue weighted by molar-refractivity contribution is -0.0589. The normalized spacial score (nSPS) is 13.0. The molecule has 2 amide bonds. The third-order valence-electron chi connectivity index (χ3n) is 4.90. The molecule has 30 heavy (non-hydrogen) atoms. The minimum absolute atomic E-state index is 0.0994. The smallest absolute Gasteiger partial charge is 0.322 e. The van der Waals surface area contributed by atoms with Crippen molar-refractivity contribution in [2.24, 2.45) is 0 Å². The fraction of sp³-hybridized carbons (Fsp3) is 0.0476. The zero-order valence-electron chi connectivity index (χ0n) is 15.6. The molecule has 9 heteroatoms. The summed E-state index contributed by atoms with van der Waals surface area (Å²) < 4.78 is 1.50. The molecule has 0 atom stereocenters. The molecule has 0 radical (unpaired) electrons. The van der Waals surface area contributed by atoms with Crippen LogP contribution in [-0.2, 0) is 4.84 Å². The van der Waals surface area contributed by atoms with E-state index >= 15 is 0 Å². The van der Waals surface area contributed by atoms with Gasteiger partial charge in [0.2, 0.25) is 0 Å². The monoisotopic (exact) mass is 399 g/mol. The number of imide groups is 1. The third-order valence-corrected chi connectivity index (χ3v) is 4.90. The number of rotatable bonds is 3. The molecular weight excluding hydrogens is 386 g/mol. The maximum absolute atomic E-state index is 12.7. The van der Waals surface area contributed by atoms with Crippen LogP contribution in [0.1, 0.15) is 36.9 Å². The zero-order valence-corrected chi connectivity index (χ0v) is 15.6. The van der Waals surface area contributed by atoms with Gasteiger partial charge in [-0.2, -0.15) is 0 Å². The first-order valence-corrected chi connectivity index (χ1v) is 9.02. The minimum Gasteiger partial charge on any atom is -0.322 e. The average Bonchev–Trinajstić information content (AvgIpc) is 3.27. The van der Waals surface area contributed by atoms with E-state index in [1.165, 1.54) is 16.8 Å². The molecule has 2 aromatic carbocycles. The van der Waals surface area contributed by atoms with E-state index in [1.54, 1.807) is 31.5 Å². The number of pyridine rings is 1. The van der Waals surface area contributed by atoms with Crippen LogP contribution in [0.4, 0.5) is 0 Å². The van der Waals surface area contributed by atoms with E-state index in [0.29, 0.717) is 16.4 Å². The summed E-state index contributed by atoms with van der Waals surface area (Å²) in [5.41, 5.74) is 1.37. The van der Waals surface area contributed by atoms with Gasteiger partial charge in [0.15, 0.2) is 5.69 Å². The van der Waals surface area contributed by atoms with Crippen molar-refractivity contribution in [2.75, 3.05) is 0 Å². The molecule has 1 aliphatic heterocycles. The van der Waals surface area contributed by atoms with Gasteiger partial charge in [0.1, 0.15) is 0 Å². The van der Waals surface area contributed by atoms with Gasteiger partial charge in [-0.15, -0.1) is 5.10 Å². The molecule has 0 aliphatic carbocycles. The molecule has 0 fully saturated rings. The average molecular weight is 399 g/mol. The lowest BCUT2D eigenvalue weighted by Gasteiger charge is -2.12. The third kappa shape index (κ3) is 2.56. The number of fused-ring (bicyclic) bond motifs is 2.